The maximum atomic E-state index is 12.0. The molecule has 24 heavy (non-hydrogen) atoms. The molecule has 0 heterocycles. The van der Waals surface area contributed by atoms with Gasteiger partial charge in [0.1, 0.15) is 0 Å². The first kappa shape index (κ1) is 17.9. The summed E-state index contributed by atoms with van der Waals surface area (Å²) in [5.74, 6) is 0. The highest BCUT2D eigenvalue weighted by molar-refractivity contribution is 5.74. The summed E-state index contributed by atoms with van der Waals surface area (Å²) in [5.41, 5.74) is 3.54. The molecule has 2 aromatic rings. The van der Waals surface area contributed by atoms with Crippen LogP contribution in [0.2, 0.25) is 0 Å². The van der Waals surface area contributed by atoms with Crippen LogP contribution >= 0.6 is 0 Å². The van der Waals surface area contributed by atoms with E-state index < -0.39 is 0 Å². The van der Waals surface area contributed by atoms with E-state index in [1.807, 2.05) is 51.4 Å². The molecule has 4 heteroatoms. The summed E-state index contributed by atoms with van der Waals surface area (Å²) in [6.07, 6.45) is 1.89. The summed E-state index contributed by atoms with van der Waals surface area (Å²) in [5, 5.41) is 5.90. The van der Waals surface area contributed by atoms with Gasteiger partial charge in [0.2, 0.25) is 0 Å². The van der Waals surface area contributed by atoms with Crippen molar-refractivity contribution < 1.29 is 4.79 Å². The van der Waals surface area contributed by atoms with Crippen molar-refractivity contribution in [1.82, 2.24) is 10.6 Å². The zero-order valence-corrected chi connectivity index (χ0v) is 14.8. The van der Waals surface area contributed by atoms with E-state index in [1.165, 1.54) is 5.56 Å². The molecule has 0 aliphatic carbocycles. The van der Waals surface area contributed by atoms with Gasteiger partial charge in [-0.1, -0.05) is 42.5 Å². The monoisotopic (exact) mass is 325 g/mol. The van der Waals surface area contributed by atoms with Gasteiger partial charge in [0.25, 0.3) is 0 Å². The number of aryl methyl sites for hydroxylation is 1. The number of anilines is 1. The average molecular weight is 325 g/mol. The second kappa shape index (κ2) is 8.96. The van der Waals surface area contributed by atoms with Crippen LogP contribution in [0.3, 0.4) is 0 Å². The highest BCUT2D eigenvalue weighted by Crippen LogP contribution is 2.12. The number of nitrogens with one attached hydrogen (secondary N) is 2. The van der Waals surface area contributed by atoms with Crippen LogP contribution in [-0.4, -0.2) is 26.2 Å². The highest BCUT2D eigenvalue weighted by atomic mass is 16.2. The summed E-state index contributed by atoms with van der Waals surface area (Å²) in [6, 6.07) is 18.5. The van der Waals surface area contributed by atoms with Gasteiger partial charge in [-0.25, -0.2) is 4.79 Å². The smallest absolute Gasteiger partial charge is 0.315 e. The van der Waals surface area contributed by atoms with Crippen molar-refractivity contribution >= 4 is 11.7 Å². The molecule has 0 aliphatic rings. The predicted octanol–water partition coefficient (Wildman–Crippen LogP) is 3.57. The van der Waals surface area contributed by atoms with Crippen LogP contribution < -0.4 is 15.5 Å². The summed E-state index contributed by atoms with van der Waals surface area (Å²) in [6.45, 7) is 2.57. The van der Waals surface area contributed by atoms with Gasteiger partial charge in [-0.2, -0.15) is 0 Å². The molecule has 0 saturated heterocycles. The lowest BCUT2D eigenvalue weighted by Gasteiger charge is -2.15. The van der Waals surface area contributed by atoms with Crippen LogP contribution in [0.4, 0.5) is 10.5 Å². The first-order valence-corrected chi connectivity index (χ1v) is 8.39. The highest BCUT2D eigenvalue weighted by Gasteiger charge is 2.07. The zero-order chi connectivity index (χ0) is 17.4. The fraction of sp³-hybridized carbons (Fsp3) is 0.350. The molecule has 128 valence electrons. The zero-order valence-electron chi connectivity index (χ0n) is 14.8. The number of nitrogens with zero attached hydrogens (tertiary/aromatic N) is 1. The molecule has 0 radical (unpaired) electrons. The van der Waals surface area contributed by atoms with Gasteiger partial charge in [0.15, 0.2) is 0 Å². The van der Waals surface area contributed by atoms with Crippen LogP contribution in [-0.2, 0) is 13.0 Å². The molecule has 2 amide bonds. The van der Waals surface area contributed by atoms with Gasteiger partial charge < -0.3 is 15.5 Å². The third kappa shape index (κ3) is 5.95. The van der Waals surface area contributed by atoms with Crippen molar-refractivity contribution in [2.24, 2.45) is 0 Å². The molecule has 2 N–H and O–H groups in total. The normalized spacial score (nSPS) is 11.6. The van der Waals surface area contributed by atoms with Crippen molar-refractivity contribution in [3.8, 4) is 0 Å². The van der Waals surface area contributed by atoms with Crippen molar-refractivity contribution in [1.29, 1.82) is 0 Å². The number of urea groups is 1. The molecule has 0 saturated carbocycles. The summed E-state index contributed by atoms with van der Waals surface area (Å²) in [7, 11) is 4.02. The molecule has 0 spiro atoms. The molecule has 0 fully saturated rings. The maximum Gasteiger partial charge on any atom is 0.315 e. The molecular weight excluding hydrogens is 298 g/mol. The number of hydrogen-bond donors (Lipinski definition) is 2. The number of rotatable bonds is 7. The van der Waals surface area contributed by atoms with Crippen molar-refractivity contribution in [3.05, 3.63) is 65.7 Å². The number of carbonyl (C=O) groups excluding carboxylic acids is 1. The molecule has 0 aromatic heterocycles. The number of carbonyl (C=O) groups is 1. The fourth-order valence-electron chi connectivity index (χ4n) is 2.47. The second-order valence-electron chi connectivity index (χ2n) is 6.31. The lowest BCUT2D eigenvalue weighted by atomic mass is 10.1. The van der Waals surface area contributed by atoms with Crippen molar-refractivity contribution in [3.63, 3.8) is 0 Å². The van der Waals surface area contributed by atoms with E-state index in [0.717, 1.165) is 24.1 Å². The summed E-state index contributed by atoms with van der Waals surface area (Å²) >= 11 is 0. The number of hydrogen-bond acceptors (Lipinski definition) is 2. The Balaban J connectivity index is 1.70. The molecular formula is C20H27N3O. The van der Waals surface area contributed by atoms with E-state index in [-0.39, 0.29) is 12.1 Å². The third-order valence-corrected chi connectivity index (χ3v) is 3.99. The van der Waals surface area contributed by atoms with Crippen LogP contribution in [0.25, 0.3) is 0 Å². The largest absolute Gasteiger partial charge is 0.378 e. The Kier molecular flexibility index (Phi) is 6.67. The standard InChI is InChI=1S/C20H27N3O/c1-16(9-10-17-7-5-4-6-8-17)22-20(24)21-15-18-11-13-19(14-12-18)23(2)3/h4-8,11-14,16H,9-10,15H2,1-3H3,(H2,21,22,24). The summed E-state index contributed by atoms with van der Waals surface area (Å²) in [4.78, 5) is 14.0. The Labute approximate surface area is 144 Å². The van der Waals surface area contributed by atoms with Crippen molar-refractivity contribution in [2.75, 3.05) is 19.0 Å². The topological polar surface area (TPSA) is 44.4 Å². The Bertz CT molecular complexity index is 623. The Hall–Kier alpha value is -2.49. The van der Waals surface area contributed by atoms with Crippen LogP contribution in [0, 0.1) is 0 Å². The Morgan fingerprint density at radius 2 is 1.67 bits per heavy atom. The Morgan fingerprint density at radius 3 is 2.29 bits per heavy atom. The van der Waals surface area contributed by atoms with Gasteiger partial charge in [-0.15, -0.1) is 0 Å². The predicted molar refractivity (Wildman–Crippen MR) is 100 cm³/mol. The van der Waals surface area contributed by atoms with E-state index in [9.17, 15) is 4.79 Å². The second-order valence-corrected chi connectivity index (χ2v) is 6.31. The minimum Gasteiger partial charge on any atom is -0.378 e. The quantitative estimate of drug-likeness (QED) is 0.817. The number of amides is 2. The number of benzene rings is 2. The molecule has 0 bridgehead atoms. The molecule has 2 rings (SSSR count). The van der Waals surface area contributed by atoms with E-state index in [1.54, 1.807) is 0 Å². The van der Waals surface area contributed by atoms with Gasteiger partial charge in [0, 0.05) is 32.4 Å². The van der Waals surface area contributed by atoms with Gasteiger partial charge >= 0.3 is 6.03 Å². The molecule has 0 aliphatic heterocycles. The molecule has 1 atom stereocenters. The minimum absolute atomic E-state index is 0.118. The van der Waals surface area contributed by atoms with E-state index in [0.29, 0.717) is 6.54 Å². The van der Waals surface area contributed by atoms with Crippen LogP contribution in [0.5, 0.6) is 0 Å². The fourth-order valence-corrected chi connectivity index (χ4v) is 2.47. The van der Waals surface area contributed by atoms with Gasteiger partial charge in [-0.3, -0.25) is 0 Å². The lowest BCUT2D eigenvalue weighted by Crippen LogP contribution is -2.40. The summed E-state index contributed by atoms with van der Waals surface area (Å²) < 4.78 is 0. The van der Waals surface area contributed by atoms with Crippen molar-refractivity contribution in [2.45, 2.75) is 32.4 Å². The lowest BCUT2D eigenvalue weighted by molar-refractivity contribution is 0.237. The Morgan fingerprint density at radius 1 is 1.00 bits per heavy atom. The average Bonchev–Trinajstić information content (AvgIpc) is 2.59. The SMILES string of the molecule is CC(CCc1ccccc1)NC(=O)NCc1ccc(N(C)C)cc1. The maximum absolute atomic E-state index is 12.0. The first-order chi connectivity index (χ1) is 11.5. The minimum atomic E-state index is -0.118. The van der Waals surface area contributed by atoms with E-state index in [2.05, 4.69) is 39.8 Å². The van der Waals surface area contributed by atoms with E-state index in [4.69, 9.17) is 0 Å². The molecule has 1 unspecified atom stereocenters. The van der Waals surface area contributed by atoms with Gasteiger partial charge in [-0.05, 0) is 43.0 Å². The van der Waals surface area contributed by atoms with Crippen LogP contribution in [0.15, 0.2) is 54.6 Å². The molecule has 2 aromatic carbocycles. The first-order valence-electron chi connectivity index (χ1n) is 8.39. The molecule has 4 nitrogen and oxygen atoms in total. The third-order valence-electron chi connectivity index (χ3n) is 3.99. The van der Waals surface area contributed by atoms with Gasteiger partial charge in [0.05, 0.1) is 0 Å². The van der Waals surface area contributed by atoms with Crippen LogP contribution in [0.1, 0.15) is 24.5 Å². The van der Waals surface area contributed by atoms with E-state index >= 15 is 0 Å².